The number of ether oxygens (including phenoxy) is 1. The molecule has 0 fully saturated rings. The number of alkyl carbamates (subject to hydrolysis) is 1. The topological polar surface area (TPSA) is 70.7 Å². The van der Waals surface area contributed by atoms with Crippen molar-refractivity contribution in [3.8, 4) is 12.3 Å². The summed E-state index contributed by atoms with van der Waals surface area (Å²) in [4.78, 5) is 24.7. The molecule has 0 bridgehead atoms. The number of amides is 2. The van der Waals surface area contributed by atoms with E-state index in [1.165, 1.54) is 6.08 Å². The first-order valence-electron chi connectivity index (χ1n) is 6.78. The number of terminal acetylenes is 1. The second-order valence-corrected chi connectivity index (χ2v) is 5.52. The average molecular weight is 295 g/mol. The molecule has 0 aromatic heterocycles. The SMILES string of the molecule is C#CCN(C)C/C=C/C(=O)NCCNC(=O)OC(C)(C)C. The molecule has 0 saturated carbocycles. The van der Waals surface area contributed by atoms with Gasteiger partial charge in [-0.1, -0.05) is 12.0 Å². The van der Waals surface area contributed by atoms with Crippen molar-refractivity contribution in [2.75, 3.05) is 33.2 Å². The molecule has 0 saturated heterocycles. The quantitative estimate of drug-likeness (QED) is 0.413. The Morgan fingerprint density at radius 2 is 1.90 bits per heavy atom. The summed E-state index contributed by atoms with van der Waals surface area (Å²) in [6.07, 6.45) is 7.84. The van der Waals surface area contributed by atoms with Gasteiger partial charge in [-0.25, -0.2) is 4.79 Å². The highest BCUT2D eigenvalue weighted by Crippen LogP contribution is 2.05. The zero-order valence-electron chi connectivity index (χ0n) is 13.2. The van der Waals surface area contributed by atoms with E-state index in [-0.39, 0.29) is 5.91 Å². The molecule has 0 aromatic rings. The molecule has 21 heavy (non-hydrogen) atoms. The summed E-state index contributed by atoms with van der Waals surface area (Å²) in [5, 5.41) is 5.21. The number of carbonyl (C=O) groups is 2. The number of rotatable bonds is 7. The molecule has 0 aliphatic rings. The maximum atomic E-state index is 11.5. The average Bonchev–Trinajstić information content (AvgIpc) is 2.33. The summed E-state index contributed by atoms with van der Waals surface area (Å²) in [5.41, 5.74) is -0.527. The van der Waals surface area contributed by atoms with Crippen LogP contribution < -0.4 is 10.6 Å². The summed E-state index contributed by atoms with van der Waals surface area (Å²) in [6.45, 7) is 7.15. The minimum atomic E-state index is -0.527. The third-order valence-electron chi connectivity index (χ3n) is 2.14. The van der Waals surface area contributed by atoms with Crippen LogP contribution in [0.5, 0.6) is 0 Å². The molecule has 0 unspecified atom stereocenters. The minimum Gasteiger partial charge on any atom is -0.444 e. The van der Waals surface area contributed by atoms with E-state index in [0.717, 1.165) is 0 Å². The Labute approximate surface area is 126 Å². The second-order valence-electron chi connectivity index (χ2n) is 5.52. The highest BCUT2D eigenvalue weighted by atomic mass is 16.6. The lowest BCUT2D eigenvalue weighted by molar-refractivity contribution is -0.116. The Balaban J connectivity index is 3.74. The fourth-order valence-corrected chi connectivity index (χ4v) is 1.28. The molecular weight excluding hydrogens is 270 g/mol. The Morgan fingerprint density at radius 3 is 2.48 bits per heavy atom. The van der Waals surface area contributed by atoms with Crippen molar-refractivity contribution >= 4 is 12.0 Å². The molecule has 0 heterocycles. The van der Waals surface area contributed by atoms with E-state index in [2.05, 4.69) is 16.6 Å². The summed E-state index contributed by atoms with van der Waals surface area (Å²) in [6, 6.07) is 0. The van der Waals surface area contributed by atoms with E-state index in [0.29, 0.717) is 26.2 Å². The molecule has 0 aliphatic carbocycles. The number of hydrogen-bond donors (Lipinski definition) is 2. The van der Waals surface area contributed by atoms with Gasteiger partial charge in [-0.2, -0.15) is 0 Å². The van der Waals surface area contributed by atoms with Gasteiger partial charge in [0.25, 0.3) is 0 Å². The van der Waals surface area contributed by atoms with Crippen molar-refractivity contribution in [1.82, 2.24) is 15.5 Å². The van der Waals surface area contributed by atoms with Crippen LogP contribution >= 0.6 is 0 Å². The lowest BCUT2D eigenvalue weighted by Gasteiger charge is -2.19. The number of likely N-dealkylation sites (N-methyl/N-ethyl adjacent to an activating group) is 1. The van der Waals surface area contributed by atoms with Crippen molar-refractivity contribution < 1.29 is 14.3 Å². The molecule has 118 valence electrons. The van der Waals surface area contributed by atoms with Crippen LogP contribution in [0.3, 0.4) is 0 Å². The molecule has 0 radical (unpaired) electrons. The maximum Gasteiger partial charge on any atom is 0.407 e. The Hall–Kier alpha value is -2.00. The fraction of sp³-hybridized carbons (Fsp3) is 0.600. The molecule has 2 N–H and O–H groups in total. The van der Waals surface area contributed by atoms with E-state index in [4.69, 9.17) is 11.2 Å². The lowest BCUT2D eigenvalue weighted by atomic mass is 10.2. The van der Waals surface area contributed by atoms with Crippen molar-refractivity contribution in [1.29, 1.82) is 0 Å². The van der Waals surface area contributed by atoms with Crippen LogP contribution in [0.2, 0.25) is 0 Å². The molecule has 0 rings (SSSR count). The van der Waals surface area contributed by atoms with Crippen LogP contribution in [0.1, 0.15) is 20.8 Å². The maximum absolute atomic E-state index is 11.5. The van der Waals surface area contributed by atoms with Crippen LogP contribution in [0.4, 0.5) is 4.79 Å². The third kappa shape index (κ3) is 12.8. The van der Waals surface area contributed by atoms with Gasteiger partial charge in [0.15, 0.2) is 0 Å². The molecule has 2 amide bonds. The number of hydrogen-bond acceptors (Lipinski definition) is 4. The summed E-state index contributed by atoms with van der Waals surface area (Å²) < 4.78 is 5.06. The van der Waals surface area contributed by atoms with Crippen LogP contribution in [-0.2, 0) is 9.53 Å². The lowest BCUT2D eigenvalue weighted by Crippen LogP contribution is -2.37. The first-order chi connectivity index (χ1) is 9.74. The van der Waals surface area contributed by atoms with Gasteiger partial charge in [0, 0.05) is 25.7 Å². The molecule has 0 aromatic carbocycles. The van der Waals surface area contributed by atoms with Gasteiger partial charge in [-0.15, -0.1) is 6.42 Å². The van der Waals surface area contributed by atoms with E-state index >= 15 is 0 Å². The first kappa shape index (κ1) is 19.0. The smallest absolute Gasteiger partial charge is 0.407 e. The summed E-state index contributed by atoms with van der Waals surface area (Å²) in [7, 11) is 1.87. The summed E-state index contributed by atoms with van der Waals surface area (Å²) in [5.74, 6) is 2.30. The molecular formula is C15H25N3O3. The van der Waals surface area contributed by atoms with Crippen molar-refractivity contribution in [3.63, 3.8) is 0 Å². The predicted octanol–water partition coefficient (Wildman–Crippen LogP) is 0.749. The monoisotopic (exact) mass is 295 g/mol. The van der Waals surface area contributed by atoms with Gasteiger partial charge in [-0.3, -0.25) is 9.69 Å². The number of nitrogens with zero attached hydrogens (tertiary/aromatic N) is 1. The largest absolute Gasteiger partial charge is 0.444 e. The highest BCUT2D eigenvalue weighted by molar-refractivity contribution is 5.87. The molecule has 6 heteroatoms. The molecule has 6 nitrogen and oxygen atoms in total. The molecule has 0 atom stereocenters. The van der Waals surface area contributed by atoms with Crippen molar-refractivity contribution in [2.24, 2.45) is 0 Å². The number of nitrogens with one attached hydrogen (secondary N) is 2. The van der Waals surface area contributed by atoms with Gasteiger partial charge in [0.1, 0.15) is 5.60 Å². The zero-order chi connectivity index (χ0) is 16.3. The van der Waals surface area contributed by atoms with Crippen LogP contribution in [0.15, 0.2) is 12.2 Å². The molecule has 0 aliphatic heterocycles. The van der Waals surface area contributed by atoms with Crippen LogP contribution in [0.25, 0.3) is 0 Å². The Bertz CT molecular complexity index is 405. The van der Waals surface area contributed by atoms with Gasteiger partial charge in [0.2, 0.25) is 5.91 Å². The highest BCUT2D eigenvalue weighted by Gasteiger charge is 2.15. The van der Waals surface area contributed by atoms with Crippen LogP contribution in [-0.4, -0.2) is 55.7 Å². The third-order valence-corrected chi connectivity index (χ3v) is 2.14. The first-order valence-corrected chi connectivity index (χ1v) is 6.78. The normalized spacial score (nSPS) is 11.2. The minimum absolute atomic E-state index is 0.213. The van der Waals surface area contributed by atoms with E-state index < -0.39 is 11.7 Å². The Morgan fingerprint density at radius 1 is 1.29 bits per heavy atom. The second kappa shape index (κ2) is 9.83. The fourth-order valence-electron chi connectivity index (χ4n) is 1.28. The Kier molecular flexibility index (Phi) is 8.90. The van der Waals surface area contributed by atoms with Gasteiger partial charge < -0.3 is 15.4 Å². The van der Waals surface area contributed by atoms with Crippen LogP contribution in [0, 0.1) is 12.3 Å². The zero-order valence-corrected chi connectivity index (χ0v) is 13.2. The van der Waals surface area contributed by atoms with E-state index in [1.807, 2.05) is 11.9 Å². The van der Waals surface area contributed by atoms with Crippen molar-refractivity contribution in [2.45, 2.75) is 26.4 Å². The van der Waals surface area contributed by atoms with Gasteiger partial charge >= 0.3 is 6.09 Å². The summed E-state index contributed by atoms with van der Waals surface area (Å²) >= 11 is 0. The van der Waals surface area contributed by atoms with Gasteiger partial charge in [-0.05, 0) is 27.8 Å². The number of carbonyl (C=O) groups excluding carboxylic acids is 2. The van der Waals surface area contributed by atoms with E-state index in [1.54, 1.807) is 26.8 Å². The van der Waals surface area contributed by atoms with Gasteiger partial charge in [0.05, 0.1) is 6.54 Å². The predicted molar refractivity (Wildman–Crippen MR) is 82.7 cm³/mol. The molecule has 0 spiro atoms. The van der Waals surface area contributed by atoms with E-state index in [9.17, 15) is 9.59 Å². The standard InChI is InChI=1S/C15H25N3O3/c1-6-11-18(5)12-7-8-13(19)16-9-10-17-14(20)21-15(2,3)4/h1,7-8H,9-12H2,2-5H3,(H,16,19)(H,17,20)/b8-7+. The van der Waals surface area contributed by atoms with Crippen molar-refractivity contribution in [3.05, 3.63) is 12.2 Å².